The molecule has 3 N–H and O–H groups in total. The standard InChI is InChI=1S/C19H19NO6/c21-17(22)10-9-16(19(24)25)20-18(23)14-7-4-8-15(11-14)26-12-13-5-2-1-3-6-13/h1-8,11,16H,9-10,12H2,(H,20,23)(H,21,22)(H,24,25)/t16-/m0/s1. The summed E-state index contributed by atoms with van der Waals surface area (Å²) in [6.45, 7) is 0.336. The summed E-state index contributed by atoms with van der Waals surface area (Å²) in [7, 11) is 0. The first-order valence-corrected chi connectivity index (χ1v) is 7.98. The summed E-state index contributed by atoms with van der Waals surface area (Å²) < 4.78 is 5.64. The smallest absolute Gasteiger partial charge is 0.326 e. The molecule has 0 saturated carbocycles. The van der Waals surface area contributed by atoms with Gasteiger partial charge in [0.2, 0.25) is 0 Å². The van der Waals surface area contributed by atoms with Crippen LogP contribution in [0.15, 0.2) is 54.6 Å². The Bertz CT molecular complexity index is 775. The van der Waals surface area contributed by atoms with E-state index in [1.165, 1.54) is 12.1 Å². The Morgan fingerprint density at radius 3 is 2.38 bits per heavy atom. The Morgan fingerprint density at radius 1 is 1.00 bits per heavy atom. The lowest BCUT2D eigenvalue weighted by Gasteiger charge is -2.14. The van der Waals surface area contributed by atoms with E-state index in [0.29, 0.717) is 12.4 Å². The molecule has 7 heteroatoms. The van der Waals surface area contributed by atoms with Crippen LogP contribution in [-0.4, -0.2) is 34.1 Å². The average molecular weight is 357 g/mol. The van der Waals surface area contributed by atoms with Crippen molar-refractivity contribution in [2.45, 2.75) is 25.5 Å². The van der Waals surface area contributed by atoms with E-state index in [1.807, 2.05) is 30.3 Å². The van der Waals surface area contributed by atoms with Gasteiger partial charge in [-0.1, -0.05) is 36.4 Å². The molecule has 2 aromatic carbocycles. The molecule has 0 unspecified atom stereocenters. The van der Waals surface area contributed by atoms with Gasteiger partial charge in [0, 0.05) is 12.0 Å². The number of aliphatic carboxylic acids is 2. The molecule has 0 aromatic heterocycles. The highest BCUT2D eigenvalue weighted by atomic mass is 16.5. The third-order valence-electron chi connectivity index (χ3n) is 3.59. The quantitative estimate of drug-likeness (QED) is 0.635. The number of carbonyl (C=O) groups is 3. The van der Waals surface area contributed by atoms with Gasteiger partial charge >= 0.3 is 11.9 Å². The number of benzene rings is 2. The lowest BCUT2D eigenvalue weighted by molar-refractivity contribution is -0.140. The molecule has 0 spiro atoms. The molecule has 2 rings (SSSR count). The zero-order valence-electron chi connectivity index (χ0n) is 13.9. The van der Waals surface area contributed by atoms with E-state index >= 15 is 0 Å². The zero-order valence-corrected chi connectivity index (χ0v) is 13.9. The molecular weight excluding hydrogens is 338 g/mol. The van der Waals surface area contributed by atoms with Gasteiger partial charge in [-0.3, -0.25) is 9.59 Å². The van der Waals surface area contributed by atoms with Crippen LogP contribution in [0.3, 0.4) is 0 Å². The van der Waals surface area contributed by atoms with Crippen LogP contribution >= 0.6 is 0 Å². The summed E-state index contributed by atoms with van der Waals surface area (Å²) >= 11 is 0. The van der Waals surface area contributed by atoms with Gasteiger partial charge in [0.25, 0.3) is 5.91 Å². The number of ether oxygens (including phenoxy) is 1. The predicted molar refractivity (Wildman–Crippen MR) is 93.0 cm³/mol. The first kappa shape index (κ1) is 19.0. The number of carboxylic acids is 2. The molecule has 0 bridgehead atoms. The molecule has 0 aliphatic carbocycles. The maximum Gasteiger partial charge on any atom is 0.326 e. The number of hydrogen-bond acceptors (Lipinski definition) is 4. The van der Waals surface area contributed by atoms with Crippen molar-refractivity contribution in [1.29, 1.82) is 0 Å². The van der Waals surface area contributed by atoms with Crippen molar-refractivity contribution in [2.75, 3.05) is 0 Å². The molecule has 0 fully saturated rings. The molecule has 0 aliphatic rings. The topological polar surface area (TPSA) is 113 Å². The summed E-state index contributed by atoms with van der Waals surface area (Å²) in [5, 5.41) is 20.1. The van der Waals surface area contributed by atoms with E-state index in [-0.39, 0.29) is 18.4 Å². The SMILES string of the molecule is O=C(O)CC[C@H](NC(=O)c1cccc(OCc2ccccc2)c1)C(=O)O. The molecule has 2 aromatic rings. The minimum absolute atomic E-state index is 0.194. The highest BCUT2D eigenvalue weighted by Crippen LogP contribution is 2.15. The minimum atomic E-state index is -1.28. The molecule has 26 heavy (non-hydrogen) atoms. The van der Waals surface area contributed by atoms with Crippen molar-refractivity contribution in [3.8, 4) is 5.75 Å². The third-order valence-corrected chi connectivity index (χ3v) is 3.59. The lowest BCUT2D eigenvalue weighted by Crippen LogP contribution is -2.41. The Morgan fingerprint density at radius 2 is 1.73 bits per heavy atom. The Labute approximate surface area is 150 Å². The number of amides is 1. The maximum atomic E-state index is 12.3. The van der Waals surface area contributed by atoms with Crippen LogP contribution in [0.4, 0.5) is 0 Å². The van der Waals surface area contributed by atoms with Crippen LogP contribution < -0.4 is 10.1 Å². The van der Waals surface area contributed by atoms with Gasteiger partial charge in [-0.05, 0) is 30.2 Å². The predicted octanol–water partition coefficient (Wildman–Crippen LogP) is 2.31. The largest absolute Gasteiger partial charge is 0.489 e. The Kier molecular flexibility index (Phi) is 6.73. The van der Waals surface area contributed by atoms with Gasteiger partial charge < -0.3 is 20.3 Å². The van der Waals surface area contributed by atoms with Crippen LogP contribution in [-0.2, 0) is 16.2 Å². The van der Waals surface area contributed by atoms with E-state index in [2.05, 4.69) is 5.32 Å². The average Bonchev–Trinajstić information content (AvgIpc) is 2.64. The Hall–Kier alpha value is -3.35. The fourth-order valence-corrected chi connectivity index (χ4v) is 2.23. The van der Waals surface area contributed by atoms with E-state index in [0.717, 1.165) is 5.56 Å². The molecule has 1 amide bonds. The fraction of sp³-hybridized carbons (Fsp3) is 0.211. The summed E-state index contributed by atoms with van der Waals surface area (Å²) in [4.78, 5) is 34.0. The minimum Gasteiger partial charge on any atom is -0.489 e. The normalized spacial score (nSPS) is 11.4. The van der Waals surface area contributed by atoms with E-state index in [4.69, 9.17) is 14.9 Å². The third kappa shape index (κ3) is 5.94. The Balaban J connectivity index is 1.99. The number of carboxylic acid groups (broad SMARTS) is 2. The van der Waals surface area contributed by atoms with Crippen LogP contribution in [0.2, 0.25) is 0 Å². The summed E-state index contributed by atoms with van der Waals surface area (Å²) in [5.74, 6) is -2.54. The maximum absolute atomic E-state index is 12.3. The van der Waals surface area contributed by atoms with Gasteiger partial charge in [-0.2, -0.15) is 0 Å². The molecule has 136 valence electrons. The lowest BCUT2D eigenvalue weighted by atomic mass is 10.1. The van der Waals surface area contributed by atoms with Crippen molar-refractivity contribution in [3.05, 3.63) is 65.7 Å². The molecular formula is C19H19NO6. The first-order valence-electron chi connectivity index (χ1n) is 7.98. The van der Waals surface area contributed by atoms with E-state index < -0.39 is 23.9 Å². The van der Waals surface area contributed by atoms with Crippen LogP contribution in [0, 0.1) is 0 Å². The highest BCUT2D eigenvalue weighted by molar-refractivity contribution is 5.97. The van der Waals surface area contributed by atoms with Crippen molar-refractivity contribution in [3.63, 3.8) is 0 Å². The molecule has 0 saturated heterocycles. The van der Waals surface area contributed by atoms with Gasteiger partial charge in [0.1, 0.15) is 18.4 Å². The monoisotopic (exact) mass is 357 g/mol. The summed E-state index contributed by atoms with van der Waals surface area (Å²) in [6, 6.07) is 14.6. The molecule has 7 nitrogen and oxygen atoms in total. The van der Waals surface area contributed by atoms with Crippen molar-refractivity contribution in [1.82, 2.24) is 5.32 Å². The summed E-state index contributed by atoms with van der Waals surface area (Å²) in [5.41, 5.74) is 1.21. The second-order valence-electron chi connectivity index (χ2n) is 5.60. The van der Waals surface area contributed by atoms with E-state index in [1.54, 1.807) is 12.1 Å². The van der Waals surface area contributed by atoms with Crippen LogP contribution in [0.25, 0.3) is 0 Å². The number of hydrogen-bond donors (Lipinski definition) is 3. The second-order valence-corrected chi connectivity index (χ2v) is 5.60. The van der Waals surface area contributed by atoms with Crippen molar-refractivity contribution >= 4 is 17.8 Å². The highest BCUT2D eigenvalue weighted by Gasteiger charge is 2.21. The molecule has 0 radical (unpaired) electrons. The van der Waals surface area contributed by atoms with Crippen molar-refractivity contribution < 1.29 is 29.3 Å². The van der Waals surface area contributed by atoms with Gasteiger partial charge in [0.05, 0.1) is 0 Å². The second kappa shape index (κ2) is 9.22. The molecule has 0 heterocycles. The van der Waals surface area contributed by atoms with Crippen molar-refractivity contribution in [2.24, 2.45) is 0 Å². The van der Waals surface area contributed by atoms with Crippen LogP contribution in [0.5, 0.6) is 5.75 Å². The van der Waals surface area contributed by atoms with Gasteiger partial charge in [-0.15, -0.1) is 0 Å². The van der Waals surface area contributed by atoms with E-state index in [9.17, 15) is 14.4 Å². The number of rotatable bonds is 9. The zero-order chi connectivity index (χ0) is 18.9. The summed E-state index contributed by atoms with van der Waals surface area (Å²) in [6.07, 6.45) is -0.544. The number of nitrogens with one attached hydrogen (secondary N) is 1. The van der Waals surface area contributed by atoms with Gasteiger partial charge in [0.15, 0.2) is 0 Å². The molecule has 1 atom stereocenters. The fourth-order valence-electron chi connectivity index (χ4n) is 2.23. The van der Waals surface area contributed by atoms with Gasteiger partial charge in [-0.25, -0.2) is 4.79 Å². The van der Waals surface area contributed by atoms with Crippen LogP contribution in [0.1, 0.15) is 28.8 Å². The first-order chi connectivity index (χ1) is 12.5. The number of carbonyl (C=O) groups excluding carboxylic acids is 1. The molecule has 0 aliphatic heterocycles.